The molecule has 0 radical (unpaired) electrons. The first-order chi connectivity index (χ1) is 13.3. The number of rotatable bonds is 6. The number of carbonyl (C=O) groups is 2. The second kappa shape index (κ2) is 8.02. The van der Waals surface area contributed by atoms with Crippen LogP contribution in [0.5, 0.6) is 0 Å². The van der Waals surface area contributed by atoms with Gasteiger partial charge in [-0.25, -0.2) is 0 Å². The van der Waals surface area contributed by atoms with E-state index < -0.39 is 17.7 Å². The predicted octanol–water partition coefficient (Wildman–Crippen LogP) is 1.85. The lowest BCUT2D eigenvalue weighted by molar-refractivity contribution is -0.858. The Bertz CT molecular complexity index is 913. The molecule has 1 amide bonds. The molecule has 3 rings (SSSR count). The van der Waals surface area contributed by atoms with E-state index in [-0.39, 0.29) is 11.3 Å². The molecule has 148 valence electrons. The number of furan rings is 1. The highest BCUT2D eigenvalue weighted by Crippen LogP contribution is 2.40. The minimum absolute atomic E-state index is 0.0888. The molecule has 2 aromatic rings. The van der Waals surface area contributed by atoms with Crippen LogP contribution in [-0.4, -0.2) is 48.9 Å². The van der Waals surface area contributed by atoms with E-state index in [0.29, 0.717) is 17.9 Å². The summed E-state index contributed by atoms with van der Waals surface area (Å²) < 4.78 is 5.55. The molecule has 0 saturated carbocycles. The Hall–Kier alpha value is -2.86. The number of hydrogen-bond acceptors (Lipinski definition) is 4. The van der Waals surface area contributed by atoms with Crippen LogP contribution in [0, 0.1) is 13.8 Å². The molecule has 0 bridgehead atoms. The van der Waals surface area contributed by atoms with Gasteiger partial charge in [-0.05, 0) is 37.6 Å². The zero-order valence-electron chi connectivity index (χ0n) is 16.8. The number of aryl methyl sites for hydroxylation is 2. The summed E-state index contributed by atoms with van der Waals surface area (Å²) in [5.74, 6) is -0.941. The lowest BCUT2D eigenvalue weighted by Gasteiger charge is -2.23. The van der Waals surface area contributed by atoms with Gasteiger partial charge in [0.2, 0.25) is 0 Å². The summed E-state index contributed by atoms with van der Waals surface area (Å²) in [6.45, 7) is 5.07. The maximum Gasteiger partial charge on any atom is 0.295 e. The van der Waals surface area contributed by atoms with E-state index in [1.54, 1.807) is 12.1 Å². The molecule has 0 aliphatic carbocycles. The number of Topliss-reactive ketones (excluding diaryl/α,β-unsaturated/α-hetero) is 1. The van der Waals surface area contributed by atoms with Crippen molar-refractivity contribution < 1.29 is 24.0 Å². The van der Waals surface area contributed by atoms with Crippen LogP contribution in [0.4, 0.5) is 0 Å². The predicted molar refractivity (Wildman–Crippen MR) is 106 cm³/mol. The summed E-state index contributed by atoms with van der Waals surface area (Å²) in [7, 11) is 4.08. The lowest BCUT2D eigenvalue weighted by atomic mass is 9.96. The van der Waals surface area contributed by atoms with Crippen LogP contribution in [0.2, 0.25) is 0 Å². The van der Waals surface area contributed by atoms with Crippen molar-refractivity contribution in [2.75, 3.05) is 27.2 Å². The average molecular weight is 383 g/mol. The van der Waals surface area contributed by atoms with Gasteiger partial charge in [0.15, 0.2) is 0 Å². The van der Waals surface area contributed by atoms with Gasteiger partial charge >= 0.3 is 0 Å². The van der Waals surface area contributed by atoms with Crippen LogP contribution in [0.25, 0.3) is 5.76 Å². The summed E-state index contributed by atoms with van der Waals surface area (Å²) in [5, 5.41) is 11.0. The highest BCUT2D eigenvalue weighted by atomic mass is 16.3. The quantitative estimate of drug-likeness (QED) is 0.454. The first kappa shape index (κ1) is 19.9. The lowest BCUT2D eigenvalue weighted by Crippen LogP contribution is -3.05. The second-order valence-corrected chi connectivity index (χ2v) is 7.64. The maximum absolute atomic E-state index is 12.9. The number of benzene rings is 1. The van der Waals surface area contributed by atoms with Gasteiger partial charge in [-0.15, -0.1) is 0 Å². The standard InChI is InChI=1S/C22H26N2O4/c1-14-8-9-15(2)16(13-14)20(25)18-19(17-7-5-12-28-17)24(22(27)21(18)26)11-6-10-23(3)4/h5,7-9,12-13,19,25H,6,10-11H2,1-4H3/p+1/t19-/m0/s1. The molecule has 6 heteroatoms. The van der Waals surface area contributed by atoms with E-state index in [1.165, 1.54) is 16.1 Å². The third kappa shape index (κ3) is 3.73. The number of aliphatic hydroxyl groups excluding tert-OH is 1. The summed E-state index contributed by atoms with van der Waals surface area (Å²) in [6.07, 6.45) is 2.26. The third-order valence-corrected chi connectivity index (χ3v) is 5.08. The fourth-order valence-electron chi connectivity index (χ4n) is 3.59. The number of carbonyl (C=O) groups excluding carboxylic acids is 2. The first-order valence-corrected chi connectivity index (χ1v) is 9.49. The topological polar surface area (TPSA) is 75.2 Å². The van der Waals surface area contributed by atoms with Gasteiger partial charge in [0.05, 0.1) is 32.5 Å². The number of aliphatic hydroxyl groups is 1. The van der Waals surface area contributed by atoms with Crippen LogP contribution in [0.3, 0.4) is 0 Å². The Balaban J connectivity index is 2.09. The molecule has 2 N–H and O–H groups in total. The van der Waals surface area contributed by atoms with Crippen molar-refractivity contribution in [3.63, 3.8) is 0 Å². The first-order valence-electron chi connectivity index (χ1n) is 9.49. The van der Waals surface area contributed by atoms with Crippen molar-refractivity contribution >= 4 is 17.4 Å². The highest BCUT2D eigenvalue weighted by molar-refractivity contribution is 6.46. The zero-order valence-corrected chi connectivity index (χ0v) is 16.8. The monoisotopic (exact) mass is 383 g/mol. The number of nitrogens with one attached hydrogen (secondary N) is 1. The summed E-state index contributed by atoms with van der Waals surface area (Å²) >= 11 is 0. The van der Waals surface area contributed by atoms with Crippen LogP contribution < -0.4 is 4.90 Å². The third-order valence-electron chi connectivity index (χ3n) is 5.08. The number of nitrogens with zero attached hydrogens (tertiary/aromatic N) is 1. The van der Waals surface area contributed by atoms with Gasteiger partial charge in [0, 0.05) is 18.5 Å². The largest absolute Gasteiger partial charge is 0.507 e. The van der Waals surface area contributed by atoms with Gasteiger partial charge in [0.1, 0.15) is 17.6 Å². The van der Waals surface area contributed by atoms with Crippen molar-refractivity contribution in [1.29, 1.82) is 0 Å². The molecule has 1 aromatic heterocycles. The van der Waals surface area contributed by atoms with Crippen molar-refractivity contribution in [1.82, 2.24) is 4.90 Å². The van der Waals surface area contributed by atoms with Crippen molar-refractivity contribution in [2.24, 2.45) is 0 Å². The molecule has 28 heavy (non-hydrogen) atoms. The molecule has 1 saturated heterocycles. The molecule has 0 spiro atoms. The minimum atomic E-state index is -0.716. The second-order valence-electron chi connectivity index (χ2n) is 7.64. The van der Waals surface area contributed by atoms with Gasteiger partial charge in [-0.3, -0.25) is 9.59 Å². The molecule has 1 fully saturated rings. The molecule has 1 aliphatic rings. The van der Waals surface area contributed by atoms with Crippen molar-refractivity contribution in [2.45, 2.75) is 26.3 Å². The molecular weight excluding hydrogens is 356 g/mol. The Labute approximate surface area is 165 Å². The van der Waals surface area contributed by atoms with Crippen LogP contribution in [-0.2, 0) is 9.59 Å². The number of ketones is 1. The van der Waals surface area contributed by atoms with Gasteiger partial charge in [0.25, 0.3) is 11.7 Å². The number of quaternary nitrogens is 1. The molecule has 6 nitrogen and oxygen atoms in total. The zero-order chi connectivity index (χ0) is 20.4. The molecule has 1 aliphatic heterocycles. The van der Waals surface area contributed by atoms with Crippen molar-refractivity contribution in [3.8, 4) is 0 Å². The Kier molecular flexibility index (Phi) is 5.70. The fourth-order valence-corrected chi connectivity index (χ4v) is 3.59. The Morgan fingerprint density at radius 3 is 2.61 bits per heavy atom. The van der Waals surface area contributed by atoms with Gasteiger partial charge in [-0.1, -0.05) is 17.7 Å². The van der Waals surface area contributed by atoms with Crippen LogP contribution in [0.1, 0.15) is 34.9 Å². The van der Waals surface area contributed by atoms with E-state index in [9.17, 15) is 14.7 Å². The average Bonchev–Trinajstić information content (AvgIpc) is 3.25. The SMILES string of the molecule is Cc1ccc(C)c(C(O)=C2C(=O)C(=O)N(CCC[NH+](C)C)[C@H]2c2ccco2)c1. The van der Waals surface area contributed by atoms with Crippen LogP contribution >= 0.6 is 0 Å². The summed E-state index contributed by atoms with van der Waals surface area (Å²) in [5.41, 5.74) is 2.45. The Morgan fingerprint density at radius 2 is 1.96 bits per heavy atom. The van der Waals surface area contributed by atoms with E-state index >= 15 is 0 Å². The molecular formula is C22H27N2O4+. The van der Waals surface area contributed by atoms with E-state index in [1.807, 2.05) is 46.1 Å². The van der Waals surface area contributed by atoms with Gasteiger partial charge < -0.3 is 19.3 Å². The Morgan fingerprint density at radius 1 is 1.21 bits per heavy atom. The highest BCUT2D eigenvalue weighted by Gasteiger charge is 2.47. The molecule has 1 atom stereocenters. The van der Waals surface area contributed by atoms with Crippen LogP contribution in [0.15, 0.2) is 46.6 Å². The summed E-state index contributed by atoms with van der Waals surface area (Å²) in [4.78, 5) is 28.4. The number of amides is 1. The van der Waals surface area contributed by atoms with E-state index in [2.05, 4.69) is 0 Å². The van der Waals surface area contributed by atoms with Crippen molar-refractivity contribution in [3.05, 3.63) is 64.6 Å². The maximum atomic E-state index is 12.9. The fraction of sp³-hybridized carbons (Fsp3) is 0.364. The number of hydrogen-bond donors (Lipinski definition) is 2. The van der Waals surface area contributed by atoms with E-state index in [4.69, 9.17) is 4.42 Å². The molecule has 2 heterocycles. The normalized spacial score (nSPS) is 19.0. The summed E-state index contributed by atoms with van der Waals surface area (Å²) in [6, 6.07) is 8.40. The number of likely N-dealkylation sites (tertiary alicyclic amines) is 1. The molecule has 1 aromatic carbocycles. The minimum Gasteiger partial charge on any atom is -0.507 e. The smallest absolute Gasteiger partial charge is 0.295 e. The molecule has 0 unspecified atom stereocenters. The van der Waals surface area contributed by atoms with E-state index in [0.717, 1.165) is 24.1 Å². The van der Waals surface area contributed by atoms with Gasteiger partial charge in [-0.2, -0.15) is 0 Å².